The fourth-order valence-corrected chi connectivity index (χ4v) is 3.67. The summed E-state index contributed by atoms with van der Waals surface area (Å²) in [6.07, 6.45) is 1.39. The first-order valence-electron chi connectivity index (χ1n) is 5.76. The Kier molecular flexibility index (Phi) is 3.77. The lowest BCUT2D eigenvalue weighted by Crippen LogP contribution is -2.43. The molecule has 1 aliphatic rings. The molecule has 98 valence electrons. The van der Waals surface area contributed by atoms with Crippen LogP contribution in [-0.4, -0.2) is 26.5 Å². The van der Waals surface area contributed by atoms with Gasteiger partial charge < -0.3 is 5.73 Å². The third kappa shape index (κ3) is 2.44. The first-order valence-corrected chi connectivity index (χ1v) is 6.86. The van der Waals surface area contributed by atoms with Gasteiger partial charge in [0.1, 0.15) is 22.8 Å². The van der Waals surface area contributed by atoms with Gasteiger partial charge in [0, 0.05) is 6.04 Å². The molecule has 0 bridgehead atoms. The van der Waals surface area contributed by atoms with E-state index in [0.717, 1.165) is 6.42 Å². The van der Waals surface area contributed by atoms with E-state index in [4.69, 9.17) is 5.73 Å². The van der Waals surface area contributed by atoms with E-state index in [2.05, 4.69) is 0 Å². The van der Waals surface area contributed by atoms with Crippen LogP contribution >= 0.6 is 0 Å². The van der Waals surface area contributed by atoms with Gasteiger partial charge in [0.25, 0.3) is 0 Å². The summed E-state index contributed by atoms with van der Waals surface area (Å²) in [5.41, 5.74) is 5.32. The van der Waals surface area contributed by atoms with Crippen molar-refractivity contribution in [1.82, 2.24) is 4.31 Å². The van der Waals surface area contributed by atoms with Crippen LogP contribution in [0.3, 0.4) is 0 Å². The minimum absolute atomic E-state index is 0.0217. The van der Waals surface area contributed by atoms with Crippen molar-refractivity contribution < 1.29 is 13.4 Å². The number of hydrogen-bond acceptors (Lipinski definition) is 2. The largest absolute Gasteiger partial charge is 0.368 e. The summed E-state index contributed by atoms with van der Waals surface area (Å²) in [7, 11) is -1.48. The van der Waals surface area contributed by atoms with E-state index in [1.54, 1.807) is 4.31 Å². The Morgan fingerprint density at radius 1 is 1.39 bits per heavy atom. The summed E-state index contributed by atoms with van der Waals surface area (Å²) < 4.78 is 26.8. The van der Waals surface area contributed by atoms with Crippen molar-refractivity contribution in [3.8, 4) is 0 Å². The summed E-state index contributed by atoms with van der Waals surface area (Å²) >= 11 is 0. The van der Waals surface area contributed by atoms with Crippen LogP contribution in [0.4, 0.5) is 4.39 Å². The minimum atomic E-state index is -1.48. The molecule has 2 N–H and O–H groups in total. The van der Waals surface area contributed by atoms with Crippen molar-refractivity contribution in [2.75, 3.05) is 0 Å². The van der Waals surface area contributed by atoms with Gasteiger partial charge in [0.05, 0.1) is 4.90 Å². The molecule has 6 heteroatoms. The molecule has 1 aromatic carbocycles. The number of halogens is 1. The van der Waals surface area contributed by atoms with Gasteiger partial charge in [0.2, 0.25) is 5.91 Å². The molecule has 0 radical (unpaired) electrons. The molecular weight excluding hydrogens is 255 g/mol. The molecule has 3 unspecified atom stereocenters. The number of nitrogens with zero attached hydrogens (tertiary/aromatic N) is 1. The van der Waals surface area contributed by atoms with Gasteiger partial charge in [-0.25, -0.2) is 12.9 Å². The number of amides is 1. The molecule has 0 spiro atoms. The topological polar surface area (TPSA) is 63.4 Å². The van der Waals surface area contributed by atoms with E-state index in [1.807, 2.05) is 6.92 Å². The Morgan fingerprint density at radius 2 is 2.00 bits per heavy atom. The van der Waals surface area contributed by atoms with Crippen LogP contribution in [0.25, 0.3) is 0 Å². The first-order chi connectivity index (χ1) is 8.50. The minimum Gasteiger partial charge on any atom is -0.368 e. The van der Waals surface area contributed by atoms with E-state index in [9.17, 15) is 13.4 Å². The maximum absolute atomic E-state index is 12.8. The van der Waals surface area contributed by atoms with E-state index in [0.29, 0.717) is 11.3 Å². The van der Waals surface area contributed by atoms with E-state index in [1.165, 1.54) is 24.3 Å². The lowest BCUT2D eigenvalue weighted by Gasteiger charge is -2.24. The summed E-state index contributed by atoms with van der Waals surface area (Å²) in [6.45, 7) is 1.91. The van der Waals surface area contributed by atoms with Gasteiger partial charge in [0.15, 0.2) is 0 Å². The molecule has 3 atom stereocenters. The molecule has 0 aliphatic carbocycles. The van der Waals surface area contributed by atoms with Crippen LogP contribution in [0.2, 0.25) is 0 Å². The average molecular weight is 270 g/mol. The van der Waals surface area contributed by atoms with Gasteiger partial charge in [-0.2, -0.15) is 0 Å². The standard InChI is InChI=1S/C12H15FN2O2S/c1-8-2-7-11(12(14)16)15(8)18(17)10-5-3-9(13)4-6-10/h3-6,8,11H,2,7H2,1H3,(H2,14,16). The Hall–Kier alpha value is -1.27. The second kappa shape index (κ2) is 5.16. The summed E-state index contributed by atoms with van der Waals surface area (Å²) in [6, 6.07) is 4.96. The third-order valence-electron chi connectivity index (χ3n) is 3.13. The van der Waals surface area contributed by atoms with Crippen molar-refractivity contribution in [3.05, 3.63) is 30.1 Å². The Bertz CT molecular complexity index is 477. The lowest BCUT2D eigenvalue weighted by atomic mass is 10.2. The molecule has 0 saturated carbocycles. The van der Waals surface area contributed by atoms with Crippen LogP contribution in [0.1, 0.15) is 19.8 Å². The Morgan fingerprint density at radius 3 is 2.56 bits per heavy atom. The van der Waals surface area contributed by atoms with Gasteiger partial charge in [-0.15, -0.1) is 0 Å². The number of carbonyl (C=O) groups is 1. The highest BCUT2D eigenvalue weighted by molar-refractivity contribution is 7.82. The highest BCUT2D eigenvalue weighted by Gasteiger charge is 2.38. The smallest absolute Gasteiger partial charge is 0.235 e. The number of rotatable bonds is 3. The molecule has 1 amide bonds. The predicted octanol–water partition coefficient (Wildman–Crippen LogP) is 1.19. The van der Waals surface area contributed by atoms with Gasteiger partial charge >= 0.3 is 0 Å². The van der Waals surface area contributed by atoms with Crippen molar-refractivity contribution in [1.29, 1.82) is 0 Å². The third-order valence-corrected chi connectivity index (χ3v) is 4.81. The van der Waals surface area contributed by atoms with Crippen molar-refractivity contribution in [2.24, 2.45) is 5.73 Å². The maximum atomic E-state index is 12.8. The summed E-state index contributed by atoms with van der Waals surface area (Å²) in [5.74, 6) is -0.841. The molecule has 1 saturated heterocycles. The van der Waals surface area contributed by atoms with Crippen LogP contribution in [0.5, 0.6) is 0 Å². The zero-order chi connectivity index (χ0) is 13.3. The molecular formula is C12H15FN2O2S. The molecule has 4 nitrogen and oxygen atoms in total. The highest BCUT2D eigenvalue weighted by atomic mass is 32.2. The SMILES string of the molecule is CC1CCC(C(N)=O)N1S(=O)c1ccc(F)cc1. The number of benzene rings is 1. The maximum Gasteiger partial charge on any atom is 0.235 e. The summed E-state index contributed by atoms with van der Waals surface area (Å²) in [5, 5.41) is 0. The van der Waals surface area contributed by atoms with Gasteiger partial charge in [-0.3, -0.25) is 4.79 Å². The van der Waals surface area contributed by atoms with E-state index < -0.39 is 22.9 Å². The predicted molar refractivity (Wildman–Crippen MR) is 66.3 cm³/mol. The van der Waals surface area contributed by atoms with Crippen LogP contribution < -0.4 is 5.73 Å². The van der Waals surface area contributed by atoms with E-state index >= 15 is 0 Å². The zero-order valence-corrected chi connectivity index (χ0v) is 10.8. The molecule has 0 aromatic heterocycles. The average Bonchev–Trinajstić information content (AvgIpc) is 2.71. The first kappa shape index (κ1) is 13.2. The fraction of sp³-hybridized carbons (Fsp3) is 0.417. The Labute approximate surface area is 108 Å². The van der Waals surface area contributed by atoms with Crippen LogP contribution in [0.15, 0.2) is 29.2 Å². The molecule has 1 aliphatic heterocycles. The molecule has 2 rings (SSSR count). The quantitative estimate of drug-likeness (QED) is 0.896. The summed E-state index contributed by atoms with van der Waals surface area (Å²) in [4.78, 5) is 11.8. The number of primary amides is 1. The van der Waals surface area contributed by atoms with Crippen LogP contribution in [-0.2, 0) is 15.8 Å². The molecule has 1 fully saturated rings. The second-order valence-electron chi connectivity index (χ2n) is 4.41. The monoisotopic (exact) mass is 270 g/mol. The number of nitrogens with two attached hydrogens (primary N) is 1. The van der Waals surface area contributed by atoms with E-state index in [-0.39, 0.29) is 11.9 Å². The molecule has 1 heterocycles. The zero-order valence-electron chi connectivity index (χ0n) is 10.0. The highest BCUT2D eigenvalue weighted by Crippen LogP contribution is 2.28. The fourth-order valence-electron chi connectivity index (χ4n) is 2.18. The van der Waals surface area contributed by atoms with Crippen molar-refractivity contribution in [2.45, 2.75) is 36.7 Å². The normalized spacial score (nSPS) is 26.1. The molecule has 1 aromatic rings. The second-order valence-corrected chi connectivity index (χ2v) is 5.80. The van der Waals surface area contributed by atoms with Crippen molar-refractivity contribution in [3.63, 3.8) is 0 Å². The van der Waals surface area contributed by atoms with Crippen molar-refractivity contribution >= 4 is 16.9 Å². The lowest BCUT2D eigenvalue weighted by molar-refractivity contribution is -0.121. The Balaban J connectivity index is 2.26. The number of hydrogen-bond donors (Lipinski definition) is 1. The number of carbonyl (C=O) groups excluding carboxylic acids is 1. The van der Waals surface area contributed by atoms with Crippen LogP contribution in [0, 0.1) is 5.82 Å². The van der Waals surface area contributed by atoms with Gasteiger partial charge in [-0.05, 0) is 44.0 Å². The molecule has 18 heavy (non-hydrogen) atoms. The van der Waals surface area contributed by atoms with Gasteiger partial charge in [-0.1, -0.05) is 0 Å².